The summed E-state index contributed by atoms with van der Waals surface area (Å²) in [5.41, 5.74) is 5.45. The Labute approximate surface area is 155 Å². The molecule has 0 aliphatic carbocycles. The minimum Gasteiger partial charge on any atom is -0.337 e. The van der Waals surface area contributed by atoms with Gasteiger partial charge in [-0.2, -0.15) is 0 Å². The molecule has 0 fully saturated rings. The number of urea groups is 1. The second kappa shape index (κ2) is 8.34. The van der Waals surface area contributed by atoms with Gasteiger partial charge in [-0.1, -0.05) is 78.4 Å². The molecule has 0 bridgehead atoms. The predicted molar refractivity (Wildman–Crippen MR) is 108 cm³/mol. The third-order valence-electron chi connectivity index (χ3n) is 4.50. The van der Waals surface area contributed by atoms with Crippen LogP contribution < -0.4 is 10.6 Å². The molecule has 0 aliphatic rings. The van der Waals surface area contributed by atoms with Gasteiger partial charge in [-0.15, -0.1) is 0 Å². The Bertz CT molecular complexity index is 820. The van der Waals surface area contributed by atoms with Crippen molar-refractivity contribution >= 4 is 11.7 Å². The summed E-state index contributed by atoms with van der Waals surface area (Å²) in [7, 11) is 0. The zero-order chi connectivity index (χ0) is 18.4. The lowest BCUT2D eigenvalue weighted by atomic mass is 9.91. The standard InChI is InChI=1S/C23H24N2O/c1-17-13-14-22(18(2)15-17)25-23(26)24-16-21(19-9-5-3-6-10-19)20-11-7-4-8-12-20/h3-15,21H,16H2,1-2H3,(H2,24,25,26). The number of aryl methyl sites for hydroxylation is 2. The van der Waals surface area contributed by atoms with Crippen LogP contribution in [0.4, 0.5) is 10.5 Å². The van der Waals surface area contributed by atoms with E-state index in [1.54, 1.807) is 0 Å². The molecule has 3 rings (SSSR count). The Kier molecular flexibility index (Phi) is 5.69. The lowest BCUT2D eigenvalue weighted by Gasteiger charge is -2.19. The molecule has 26 heavy (non-hydrogen) atoms. The highest BCUT2D eigenvalue weighted by molar-refractivity contribution is 5.90. The smallest absolute Gasteiger partial charge is 0.319 e. The normalized spacial score (nSPS) is 10.6. The summed E-state index contributed by atoms with van der Waals surface area (Å²) in [5.74, 6) is 0.113. The summed E-state index contributed by atoms with van der Waals surface area (Å²) < 4.78 is 0. The molecule has 3 nitrogen and oxygen atoms in total. The van der Waals surface area contributed by atoms with Gasteiger partial charge in [0.05, 0.1) is 0 Å². The first-order valence-corrected chi connectivity index (χ1v) is 8.85. The molecule has 3 heteroatoms. The van der Waals surface area contributed by atoms with Crippen LogP contribution in [-0.4, -0.2) is 12.6 Å². The van der Waals surface area contributed by atoms with Crippen molar-refractivity contribution in [2.24, 2.45) is 0 Å². The molecule has 3 aromatic carbocycles. The number of carbonyl (C=O) groups excluding carboxylic acids is 1. The van der Waals surface area contributed by atoms with E-state index >= 15 is 0 Å². The van der Waals surface area contributed by atoms with Crippen molar-refractivity contribution in [3.63, 3.8) is 0 Å². The Balaban J connectivity index is 1.71. The molecular weight excluding hydrogens is 320 g/mol. The van der Waals surface area contributed by atoms with Crippen LogP contribution in [0.2, 0.25) is 0 Å². The summed E-state index contributed by atoms with van der Waals surface area (Å²) in [5, 5.41) is 5.97. The van der Waals surface area contributed by atoms with E-state index < -0.39 is 0 Å². The molecule has 0 heterocycles. The summed E-state index contributed by atoms with van der Waals surface area (Å²) >= 11 is 0. The van der Waals surface area contributed by atoms with Gasteiger partial charge in [0.2, 0.25) is 0 Å². The molecule has 0 atom stereocenters. The number of carbonyl (C=O) groups is 1. The van der Waals surface area contributed by atoms with Gasteiger partial charge in [-0.25, -0.2) is 4.79 Å². The number of rotatable bonds is 5. The van der Waals surface area contributed by atoms with Gasteiger partial charge in [-0.05, 0) is 36.6 Å². The third kappa shape index (κ3) is 4.51. The van der Waals surface area contributed by atoms with Gasteiger partial charge in [-0.3, -0.25) is 0 Å². The minimum atomic E-state index is -0.186. The van der Waals surface area contributed by atoms with E-state index in [4.69, 9.17) is 0 Å². The number of nitrogens with one attached hydrogen (secondary N) is 2. The van der Waals surface area contributed by atoms with E-state index in [0.717, 1.165) is 11.3 Å². The highest BCUT2D eigenvalue weighted by atomic mass is 16.2. The summed E-state index contributed by atoms with van der Waals surface area (Å²) in [4.78, 5) is 12.4. The van der Waals surface area contributed by atoms with Gasteiger partial charge < -0.3 is 10.6 Å². The SMILES string of the molecule is Cc1ccc(NC(=O)NCC(c2ccccc2)c2ccccc2)c(C)c1. The fraction of sp³-hybridized carbons (Fsp3) is 0.174. The van der Waals surface area contributed by atoms with Crippen molar-refractivity contribution in [1.29, 1.82) is 0 Å². The number of hydrogen-bond acceptors (Lipinski definition) is 1. The van der Waals surface area contributed by atoms with E-state index in [1.165, 1.54) is 16.7 Å². The molecule has 0 unspecified atom stereocenters. The lowest BCUT2D eigenvalue weighted by Crippen LogP contribution is -2.33. The van der Waals surface area contributed by atoms with Gasteiger partial charge >= 0.3 is 6.03 Å². The molecular formula is C23H24N2O. The van der Waals surface area contributed by atoms with Crippen molar-refractivity contribution in [3.8, 4) is 0 Å². The molecule has 2 amide bonds. The monoisotopic (exact) mass is 344 g/mol. The summed E-state index contributed by atoms with van der Waals surface area (Å²) in [6, 6.07) is 26.3. The quantitative estimate of drug-likeness (QED) is 0.651. The van der Waals surface area contributed by atoms with E-state index in [0.29, 0.717) is 6.54 Å². The fourth-order valence-electron chi connectivity index (χ4n) is 3.11. The Morgan fingerprint density at radius 2 is 1.42 bits per heavy atom. The van der Waals surface area contributed by atoms with E-state index in [9.17, 15) is 4.79 Å². The molecule has 0 radical (unpaired) electrons. The van der Waals surface area contributed by atoms with Gasteiger partial charge in [0.1, 0.15) is 0 Å². The first-order chi connectivity index (χ1) is 12.6. The zero-order valence-corrected chi connectivity index (χ0v) is 15.2. The number of anilines is 1. The first-order valence-electron chi connectivity index (χ1n) is 8.85. The third-order valence-corrected chi connectivity index (χ3v) is 4.50. The first kappa shape index (κ1) is 17.7. The van der Waals surface area contributed by atoms with Crippen LogP contribution in [0.15, 0.2) is 78.9 Å². The Morgan fingerprint density at radius 3 is 1.96 bits per heavy atom. The molecule has 0 aliphatic heterocycles. The lowest BCUT2D eigenvalue weighted by molar-refractivity contribution is 0.252. The highest BCUT2D eigenvalue weighted by Crippen LogP contribution is 2.23. The minimum absolute atomic E-state index is 0.113. The van der Waals surface area contributed by atoms with Crippen LogP contribution >= 0.6 is 0 Å². The van der Waals surface area contributed by atoms with Crippen LogP contribution in [-0.2, 0) is 0 Å². The van der Waals surface area contributed by atoms with E-state index in [1.807, 2.05) is 62.4 Å². The zero-order valence-electron chi connectivity index (χ0n) is 15.2. The predicted octanol–water partition coefficient (Wildman–Crippen LogP) is 5.26. The average Bonchev–Trinajstić information content (AvgIpc) is 2.66. The molecule has 0 spiro atoms. The largest absolute Gasteiger partial charge is 0.337 e. The second-order valence-electron chi connectivity index (χ2n) is 6.53. The van der Waals surface area contributed by atoms with E-state index in [2.05, 4.69) is 41.0 Å². The average molecular weight is 344 g/mol. The Hall–Kier alpha value is -3.07. The fourth-order valence-corrected chi connectivity index (χ4v) is 3.11. The van der Waals surface area contributed by atoms with Crippen LogP contribution in [0.1, 0.15) is 28.2 Å². The molecule has 0 saturated carbocycles. The van der Waals surface area contributed by atoms with Crippen molar-refractivity contribution < 1.29 is 4.79 Å². The topological polar surface area (TPSA) is 41.1 Å². The highest BCUT2D eigenvalue weighted by Gasteiger charge is 2.15. The van der Waals surface area contributed by atoms with Gasteiger partial charge in [0.15, 0.2) is 0 Å². The van der Waals surface area contributed by atoms with Crippen LogP contribution in [0.3, 0.4) is 0 Å². The molecule has 0 saturated heterocycles. The maximum Gasteiger partial charge on any atom is 0.319 e. The molecule has 3 aromatic rings. The molecule has 132 valence electrons. The van der Waals surface area contributed by atoms with Crippen molar-refractivity contribution in [1.82, 2.24) is 5.32 Å². The summed E-state index contributed by atoms with van der Waals surface area (Å²) in [6.45, 7) is 4.57. The molecule has 0 aromatic heterocycles. The maximum atomic E-state index is 12.4. The molecule has 2 N–H and O–H groups in total. The number of amides is 2. The van der Waals surface area contributed by atoms with Crippen molar-refractivity contribution in [2.75, 3.05) is 11.9 Å². The van der Waals surface area contributed by atoms with Crippen LogP contribution in [0.5, 0.6) is 0 Å². The van der Waals surface area contributed by atoms with Gasteiger partial charge in [0.25, 0.3) is 0 Å². The van der Waals surface area contributed by atoms with Gasteiger partial charge in [0, 0.05) is 18.2 Å². The van der Waals surface area contributed by atoms with Crippen LogP contribution in [0, 0.1) is 13.8 Å². The van der Waals surface area contributed by atoms with Crippen molar-refractivity contribution in [3.05, 3.63) is 101 Å². The second-order valence-corrected chi connectivity index (χ2v) is 6.53. The number of benzene rings is 3. The maximum absolute atomic E-state index is 12.4. The van der Waals surface area contributed by atoms with Crippen molar-refractivity contribution in [2.45, 2.75) is 19.8 Å². The number of hydrogen-bond donors (Lipinski definition) is 2. The van der Waals surface area contributed by atoms with E-state index in [-0.39, 0.29) is 11.9 Å². The summed E-state index contributed by atoms with van der Waals surface area (Å²) in [6.07, 6.45) is 0. The van der Waals surface area contributed by atoms with Crippen LogP contribution in [0.25, 0.3) is 0 Å². The Morgan fingerprint density at radius 1 is 0.846 bits per heavy atom.